The lowest BCUT2D eigenvalue weighted by Gasteiger charge is -2.20. The predicted molar refractivity (Wildman–Crippen MR) is 83.9 cm³/mol. The van der Waals surface area contributed by atoms with Crippen molar-refractivity contribution in [1.29, 1.82) is 0 Å². The van der Waals surface area contributed by atoms with Gasteiger partial charge in [0.2, 0.25) is 0 Å². The first-order valence-electron chi connectivity index (χ1n) is 6.11. The summed E-state index contributed by atoms with van der Waals surface area (Å²) in [6.45, 7) is -0.140. The zero-order chi connectivity index (χ0) is 15.4. The van der Waals surface area contributed by atoms with Crippen LogP contribution < -0.4 is 9.64 Å². The molecule has 0 fully saturated rings. The van der Waals surface area contributed by atoms with Crippen LogP contribution in [0, 0.1) is 0 Å². The monoisotopic (exact) mass is 325 g/mol. The van der Waals surface area contributed by atoms with Gasteiger partial charge in [-0.25, -0.2) is 0 Å². The third kappa shape index (κ3) is 4.28. The molecule has 1 N–H and O–H groups in total. The number of carboxylic acid groups (broad SMARTS) is 1. The van der Waals surface area contributed by atoms with Crippen molar-refractivity contribution < 1.29 is 14.6 Å². The highest BCUT2D eigenvalue weighted by Gasteiger charge is 2.13. The normalized spacial score (nSPS) is 10.2. The second kappa shape index (κ2) is 6.70. The lowest BCUT2D eigenvalue weighted by atomic mass is 10.2. The fourth-order valence-electron chi connectivity index (χ4n) is 1.80. The average molecular weight is 326 g/mol. The molecule has 0 heterocycles. The van der Waals surface area contributed by atoms with Crippen molar-refractivity contribution in [2.75, 3.05) is 18.5 Å². The zero-order valence-electron chi connectivity index (χ0n) is 11.2. The minimum atomic E-state index is -0.926. The minimum absolute atomic E-state index is 0.140. The van der Waals surface area contributed by atoms with Gasteiger partial charge in [0.15, 0.2) is 5.75 Å². The predicted octanol–water partition coefficient (Wildman–Crippen LogP) is 4.31. The van der Waals surface area contributed by atoms with Crippen molar-refractivity contribution in [3.05, 3.63) is 52.5 Å². The Balaban J connectivity index is 2.30. The lowest BCUT2D eigenvalue weighted by molar-refractivity contribution is -0.135. The summed E-state index contributed by atoms with van der Waals surface area (Å²) in [5.41, 5.74) is 0.636. The molecular weight excluding hydrogens is 313 g/mol. The van der Waals surface area contributed by atoms with Gasteiger partial charge in [0, 0.05) is 23.2 Å². The summed E-state index contributed by atoms with van der Waals surface area (Å²) in [4.78, 5) is 12.4. The van der Waals surface area contributed by atoms with Crippen LogP contribution in [-0.4, -0.2) is 24.7 Å². The van der Waals surface area contributed by atoms with Gasteiger partial charge in [-0.1, -0.05) is 23.2 Å². The van der Waals surface area contributed by atoms with Crippen LogP contribution in [0.15, 0.2) is 42.5 Å². The molecule has 110 valence electrons. The maximum atomic E-state index is 10.8. The van der Waals surface area contributed by atoms with Gasteiger partial charge in [-0.05, 0) is 36.4 Å². The van der Waals surface area contributed by atoms with E-state index in [9.17, 15) is 4.79 Å². The molecule has 0 saturated heterocycles. The Labute approximate surface area is 132 Å². The summed E-state index contributed by atoms with van der Waals surface area (Å²) in [7, 11) is 1.67. The molecular formula is C15H13Cl2NO3. The molecule has 0 aliphatic carbocycles. The molecule has 0 amide bonds. The van der Waals surface area contributed by atoms with Crippen LogP contribution >= 0.6 is 23.2 Å². The highest BCUT2D eigenvalue weighted by atomic mass is 35.5. The van der Waals surface area contributed by atoms with Crippen molar-refractivity contribution in [2.24, 2.45) is 0 Å². The van der Waals surface area contributed by atoms with Gasteiger partial charge in [0.05, 0.1) is 5.69 Å². The Morgan fingerprint density at radius 1 is 1.14 bits per heavy atom. The number of hydrogen-bond donors (Lipinski definition) is 1. The summed E-state index contributed by atoms with van der Waals surface area (Å²) in [6.07, 6.45) is 0. The fourth-order valence-corrected chi connectivity index (χ4v) is 2.09. The van der Waals surface area contributed by atoms with Gasteiger partial charge in [-0.3, -0.25) is 4.79 Å². The van der Waals surface area contributed by atoms with Crippen molar-refractivity contribution in [3.63, 3.8) is 0 Å². The van der Waals surface area contributed by atoms with Crippen LogP contribution in [0.25, 0.3) is 0 Å². The number of aliphatic carboxylic acids is 1. The van der Waals surface area contributed by atoms with E-state index in [0.29, 0.717) is 27.2 Å². The molecule has 2 aromatic carbocycles. The van der Waals surface area contributed by atoms with E-state index in [1.807, 2.05) is 0 Å². The Bertz CT molecular complexity index is 644. The molecule has 0 aliphatic heterocycles. The molecule has 0 saturated carbocycles. The summed E-state index contributed by atoms with van der Waals surface area (Å²) < 4.78 is 5.77. The average Bonchev–Trinajstić information content (AvgIpc) is 2.40. The maximum Gasteiger partial charge on any atom is 0.323 e. The number of anilines is 1. The molecule has 21 heavy (non-hydrogen) atoms. The second-order valence-corrected chi connectivity index (χ2v) is 5.29. The highest BCUT2D eigenvalue weighted by Crippen LogP contribution is 2.34. The zero-order valence-corrected chi connectivity index (χ0v) is 12.7. The van der Waals surface area contributed by atoms with E-state index in [1.54, 1.807) is 54.4 Å². The maximum absolute atomic E-state index is 10.8. The first-order chi connectivity index (χ1) is 9.95. The standard InChI is InChI=1S/C15H13Cl2NO3/c1-18(9-15(19)20)13-7-4-11(17)8-14(13)21-12-5-2-10(16)3-6-12/h2-8H,9H2,1H3,(H,19,20). The minimum Gasteiger partial charge on any atom is -0.480 e. The van der Waals surface area contributed by atoms with Crippen LogP contribution in [0.2, 0.25) is 10.0 Å². The van der Waals surface area contributed by atoms with Crippen LogP contribution in [0.4, 0.5) is 5.69 Å². The molecule has 0 unspecified atom stereocenters. The Morgan fingerprint density at radius 3 is 2.38 bits per heavy atom. The van der Waals surface area contributed by atoms with Crippen molar-refractivity contribution in [2.45, 2.75) is 0 Å². The van der Waals surface area contributed by atoms with Gasteiger partial charge >= 0.3 is 5.97 Å². The van der Waals surface area contributed by atoms with Crippen molar-refractivity contribution >= 4 is 34.9 Å². The van der Waals surface area contributed by atoms with E-state index >= 15 is 0 Å². The van der Waals surface area contributed by atoms with E-state index in [4.69, 9.17) is 33.0 Å². The van der Waals surface area contributed by atoms with Gasteiger partial charge in [-0.2, -0.15) is 0 Å². The highest BCUT2D eigenvalue weighted by molar-refractivity contribution is 6.31. The Hall–Kier alpha value is -1.91. The van der Waals surface area contributed by atoms with E-state index in [0.717, 1.165) is 0 Å². The summed E-state index contributed by atoms with van der Waals surface area (Å²) in [5.74, 6) is 0.144. The summed E-state index contributed by atoms with van der Waals surface area (Å²) in [6, 6.07) is 11.9. The number of carbonyl (C=O) groups is 1. The van der Waals surface area contributed by atoms with Crippen LogP contribution in [0.3, 0.4) is 0 Å². The number of nitrogens with zero attached hydrogens (tertiary/aromatic N) is 1. The Morgan fingerprint density at radius 2 is 1.76 bits per heavy atom. The van der Waals surface area contributed by atoms with Gasteiger partial charge in [-0.15, -0.1) is 0 Å². The number of hydrogen-bond acceptors (Lipinski definition) is 3. The van der Waals surface area contributed by atoms with Crippen LogP contribution in [0.1, 0.15) is 0 Å². The van der Waals surface area contributed by atoms with Crippen molar-refractivity contribution in [3.8, 4) is 11.5 Å². The fraction of sp³-hybridized carbons (Fsp3) is 0.133. The Kier molecular flexibility index (Phi) is 4.94. The van der Waals surface area contributed by atoms with Gasteiger partial charge in [0.1, 0.15) is 12.3 Å². The smallest absolute Gasteiger partial charge is 0.323 e. The van der Waals surface area contributed by atoms with E-state index in [-0.39, 0.29) is 6.54 Å². The third-order valence-corrected chi connectivity index (χ3v) is 3.23. The number of rotatable bonds is 5. The SMILES string of the molecule is CN(CC(=O)O)c1ccc(Cl)cc1Oc1ccc(Cl)cc1. The lowest BCUT2D eigenvalue weighted by Crippen LogP contribution is -2.25. The van der Waals surface area contributed by atoms with Gasteiger partial charge in [0.25, 0.3) is 0 Å². The quantitative estimate of drug-likeness (QED) is 0.890. The molecule has 0 radical (unpaired) electrons. The third-order valence-electron chi connectivity index (χ3n) is 2.75. The molecule has 6 heteroatoms. The largest absolute Gasteiger partial charge is 0.480 e. The molecule has 0 atom stereocenters. The molecule has 4 nitrogen and oxygen atoms in total. The summed E-state index contributed by atoms with van der Waals surface area (Å²) in [5, 5.41) is 10.0. The first-order valence-corrected chi connectivity index (χ1v) is 6.87. The van der Waals surface area contributed by atoms with E-state index < -0.39 is 5.97 Å². The molecule has 0 aliphatic rings. The number of halogens is 2. The molecule has 0 spiro atoms. The van der Waals surface area contributed by atoms with Crippen molar-refractivity contribution in [1.82, 2.24) is 0 Å². The molecule has 2 rings (SSSR count). The van der Waals surface area contributed by atoms with Gasteiger partial charge < -0.3 is 14.7 Å². The number of benzene rings is 2. The molecule has 2 aromatic rings. The summed E-state index contributed by atoms with van der Waals surface area (Å²) >= 11 is 11.8. The van der Waals surface area contributed by atoms with E-state index in [1.165, 1.54) is 0 Å². The second-order valence-electron chi connectivity index (χ2n) is 4.42. The number of ether oxygens (including phenoxy) is 1. The topological polar surface area (TPSA) is 49.8 Å². The van der Waals surface area contributed by atoms with Crippen LogP contribution in [-0.2, 0) is 4.79 Å². The first kappa shape index (κ1) is 15.5. The number of carboxylic acids is 1. The van der Waals surface area contributed by atoms with Crippen LogP contribution in [0.5, 0.6) is 11.5 Å². The molecule has 0 aromatic heterocycles. The number of likely N-dealkylation sites (N-methyl/N-ethyl adjacent to an activating group) is 1. The van der Waals surface area contributed by atoms with E-state index in [2.05, 4.69) is 0 Å². The molecule has 0 bridgehead atoms.